The van der Waals surface area contributed by atoms with E-state index in [0.29, 0.717) is 0 Å². The Morgan fingerprint density at radius 2 is 0.800 bits per heavy atom. The minimum atomic E-state index is -0.708. The zero-order valence-electron chi connectivity index (χ0n) is 12.3. The molecule has 0 unspecified atom stereocenters. The van der Waals surface area contributed by atoms with E-state index in [4.69, 9.17) is 30.6 Å². The molecule has 6 N–H and O–H groups in total. The molecular formula is C14H10CdO8S2. The van der Waals surface area contributed by atoms with Crippen molar-refractivity contribution < 1.29 is 68.2 Å². The molecule has 0 saturated carbocycles. The maximum atomic E-state index is 10.6. The molecular weight excluding hydrogens is 473 g/mol. The summed E-state index contributed by atoms with van der Waals surface area (Å²) >= 11 is 8.53. The molecule has 8 nitrogen and oxygen atoms in total. The number of phenolic OH excluding ortho intramolecular Hbond substituents is 6. The Balaban J connectivity index is 0.000000443. The Labute approximate surface area is 172 Å². The molecule has 0 spiro atoms. The first-order valence-electron chi connectivity index (χ1n) is 5.97. The molecule has 0 saturated heterocycles. The third-order valence-corrected chi connectivity index (χ3v) is 3.08. The molecule has 0 bridgehead atoms. The number of phenols is 6. The first-order valence-corrected chi connectivity index (χ1v) is 6.78. The third kappa shape index (κ3) is 6.06. The summed E-state index contributed by atoms with van der Waals surface area (Å²) in [6, 6.07) is 3.96. The maximum absolute atomic E-state index is 10.6. The molecule has 128 valence electrons. The maximum Gasteiger partial charge on any atom is 2.00 e. The van der Waals surface area contributed by atoms with E-state index in [1.165, 1.54) is 0 Å². The molecule has 11 heteroatoms. The van der Waals surface area contributed by atoms with Crippen LogP contribution in [0.1, 0.15) is 11.1 Å². The van der Waals surface area contributed by atoms with Gasteiger partial charge in [-0.1, -0.05) is 24.4 Å². The largest absolute Gasteiger partial charge is 2.00 e. The van der Waals surface area contributed by atoms with Crippen LogP contribution < -0.4 is 10.2 Å². The molecule has 2 rings (SSSR count). The molecule has 0 aliphatic rings. The zero-order valence-corrected chi connectivity index (χ0v) is 18.0. The van der Waals surface area contributed by atoms with Crippen LogP contribution in [0, 0.1) is 0 Å². The quantitative estimate of drug-likeness (QED) is 0.189. The van der Waals surface area contributed by atoms with Gasteiger partial charge in [0.2, 0.25) is 0 Å². The summed E-state index contributed by atoms with van der Waals surface area (Å²) in [4.78, 5) is 0. The molecule has 0 fully saturated rings. The first-order chi connectivity index (χ1) is 11.0. The summed E-state index contributed by atoms with van der Waals surface area (Å²) in [7, 11) is 0. The Morgan fingerprint density at radius 1 is 0.600 bits per heavy atom. The summed E-state index contributed by atoms with van der Waals surface area (Å²) < 4.78 is 0. The minimum absolute atomic E-state index is 0. The molecule has 25 heavy (non-hydrogen) atoms. The van der Waals surface area contributed by atoms with Crippen LogP contribution in [-0.4, -0.2) is 40.7 Å². The summed E-state index contributed by atoms with van der Waals surface area (Å²) in [5.41, 5.74) is -0.0596. The second-order valence-corrected chi connectivity index (χ2v) is 5.04. The van der Waals surface area contributed by atoms with Crippen LogP contribution in [0.5, 0.6) is 34.5 Å². The van der Waals surface area contributed by atoms with Gasteiger partial charge in [0.05, 0.1) is 0 Å². The summed E-state index contributed by atoms with van der Waals surface area (Å²) in [5, 5.41) is 73.1. The van der Waals surface area contributed by atoms with Gasteiger partial charge in [0.1, 0.15) is 0 Å². The van der Waals surface area contributed by atoms with Gasteiger partial charge < -0.3 is 40.9 Å². The van der Waals surface area contributed by atoms with Crippen LogP contribution in [0.3, 0.4) is 0 Å². The van der Waals surface area contributed by atoms with Gasteiger partial charge in [-0.15, -0.1) is 0 Å². The second kappa shape index (κ2) is 9.43. The van der Waals surface area contributed by atoms with E-state index in [1.54, 1.807) is 0 Å². The molecule has 2 aromatic carbocycles. The predicted molar refractivity (Wildman–Crippen MR) is 86.3 cm³/mol. The number of hydrogen-bond acceptors (Lipinski definition) is 10. The van der Waals surface area contributed by atoms with Crippen LogP contribution in [0.2, 0.25) is 0 Å². The van der Waals surface area contributed by atoms with Gasteiger partial charge in [-0.05, 0) is 45.5 Å². The van der Waals surface area contributed by atoms with Crippen molar-refractivity contribution in [1.82, 2.24) is 0 Å². The predicted octanol–water partition coefficient (Wildman–Crippen LogP) is -0.324. The van der Waals surface area contributed by atoms with Crippen molar-refractivity contribution in [3.05, 3.63) is 35.4 Å². The summed E-state index contributed by atoms with van der Waals surface area (Å²) in [6.45, 7) is 0. The fourth-order valence-electron chi connectivity index (χ4n) is 1.44. The number of thiocarbonyl (C=S) groups is 2. The molecule has 0 amide bonds. The van der Waals surface area contributed by atoms with Crippen molar-refractivity contribution in [2.24, 2.45) is 0 Å². The zero-order chi connectivity index (χ0) is 18.6. The fourth-order valence-corrected chi connectivity index (χ4v) is 1.68. The van der Waals surface area contributed by atoms with Crippen LogP contribution in [0.25, 0.3) is 0 Å². The van der Waals surface area contributed by atoms with E-state index in [0.717, 1.165) is 24.3 Å². The van der Waals surface area contributed by atoms with Gasteiger partial charge in [-0.25, -0.2) is 0 Å². The topological polar surface area (TPSA) is 168 Å². The van der Waals surface area contributed by atoms with Crippen LogP contribution in [0.4, 0.5) is 0 Å². The van der Waals surface area contributed by atoms with E-state index in [1.807, 2.05) is 0 Å². The van der Waals surface area contributed by atoms with Crippen LogP contribution in [0.15, 0.2) is 24.3 Å². The Morgan fingerprint density at radius 3 is 0.960 bits per heavy atom. The average molecular weight is 483 g/mol. The van der Waals surface area contributed by atoms with Crippen LogP contribution >= 0.6 is 24.4 Å². The van der Waals surface area contributed by atoms with Gasteiger partial charge >= 0.3 is 27.3 Å². The molecule has 0 heterocycles. The number of hydrogen-bond donors (Lipinski definition) is 6. The summed E-state index contributed by atoms with van der Waals surface area (Å²) in [5.74, 6) is -3.58. The van der Waals surface area contributed by atoms with Crippen molar-refractivity contribution in [2.75, 3.05) is 0 Å². The Hall–Kier alpha value is -2.06. The van der Waals surface area contributed by atoms with Gasteiger partial charge in [0.15, 0.2) is 34.5 Å². The van der Waals surface area contributed by atoms with Gasteiger partial charge in [0, 0.05) is 0 Å². The molecule has 0 atom stereocenters. The van der Waals surface area contributed by atoms with Gasteiger partial charge in [-0.3, -0.25) is 0 Å². The van der Waals surface area contributed by atoms with Crippen molar-refractivity contribution in [2.45, 2.75) is 0 Å². The number of benzene rings is 2. The van der Waals surface area contributed by atoms with Crippen LogP contribution in [-0.2, 0) is 27.3 Å². The first kappa shape index (κ1) is 22.9. The smallest absolute Gasteiger partial charge is 0.864 e. The second-order valence-electron chi connectivity index (χ2n) is 4.30. The molecule has 0 aliphatic heterocycles. The molecule has 0 aromatic heterocycles. The SMILES string of the molecule is [Cd+2].[O-]C(=S)c1cc(O)c(O)c(O)c1.[O-]C(=S)c1cc(O)c(O)c(O)c1. The number of rotatable bonds is 2. The fraction of sp³-hybridized carbons (Fsp3) is 0. The number of aromatic hydroxyl groups is 6. The standard InChI is InChI=1S/2C7H6O4S.Cd/c2*8-4-1-3(7(11)12)2-5(9)6(4)10;/h2*1-2,8-10H,(H,11,12);/q;;+2/p-2. The Bertz CT molecular complexity index is 696. The van der Waals surface area contributed by atoms with E-state index >= 15 is 0 Å². The van der Waals surface area contributed by atoms with Crippen molar-refractivity contribution in [1.29, 1.82) is 0 Å². The van der Waals surface area contributed by atoms with E-state index in [9.17, 15) is 10.2 Å². The molecule has 0 aliphatic carbocycles. The van der Waals surface area contributed by atoms with Gasteiger partial charge in [0.25, 0.3) is 0 Å². The van der Waals surface area contributed by atoms with Gasteiger partial charge in [-0.2, -0.15) is 0 Å². The minimum Gasteiger partial charge on any atom is -0.864 e. The normalized spacial score (nSPS) is 9.28. The van der Waals surface area contributed by atoms with E-state index in [-0.39, 0.29) is 38.4 Å². The van der Waals surface area contributed by atoms with E-state index in [2.05, 4.69) is 24.4 Å². The molecule has 0 radical (unpaired) electrons. The van der Waals surface area contributed by atoms with Crippen molar-refractivity contribution in [3.63, 3.8) is 0 Å². The third-order valence-electron chi connectivity index (χ3n) is 2.61. The monoisotopic (exact) mass is 484 g/mol. The summed E-state index contributed by atoms with van der Waals surface area (Å²) in [6.07, 6.45) is 0. The van der Waals surface area contributed by atoms with E-state index < -0.39 is 44.6 Å². The Kier molecular flexibility index (Phi) is 8.66. The van der Waals surface area contributed by atoms with Crippen molar-refractivity contribution in [3.8, 4) is 34.5 Å². The molecule has 2 aromatic rings. The average Bonchev–Trinajstić information content (AvgIpc) is 2.49. The van der Waals surface area contributed by atoms with Crippen molar-refractivity contribution >= 4 is 34.5 Å².